The molecule has 166 valence electrons. The molecule has 0 aliphatic rings. The molecule has 2 N–H and O–H groups in total. The van der Waals surface area contributed by atoms with Crippen molar-refractivity contribution in [2.24, 2.45) is 0 Å². The lowest BCUT2D eigenvalue weighted by atomic mass is 10.1. The van der Waals surface area contributed by atoms with E-state index in [1.165, 1.54) is 25.3 Å². The lowest BCUT2D eigenvalue weighted by Gasteiger charge is -2.14. The Morgan fingerprint density at radius 2 is 1.82 bits per heavy atom. The first-order valence-electron chi connectivity index (χ1n) is 9.72. The maximum atomic E-state index is 12.6. The second kappa shape index (κ2) is 11.0. The van der Waals surface area contributed by atoms with Gasteiger partial charge in [0.15, 0.2) is 11.5 Å². The zero-order chi connectivity index (χ0) is 23.8. The number of carboxylic acid groups (broad SMARTS) is 1. The second-order valence-corrected chi connectivity index (χ2v) is 7.64. The smallest absolute Gasteiger partial charge is 0.337 e. The van der Waals surface area contributed by atoms with Gasteiger partial charge in [-0.1, -0.05) is 42.5 Å². The van der Waals surface area contributed by atoms with Crippen LogP contribution in [0.15, 0.2) is 76.8 Å². The normalized spacial score (nSPS) is 10.8. The van der Waals surface area contributed by atoms with E-state index in [0.717, 1.165) is 5.56 Å². The van der Waals surface area contributed by atoms with E-state index >= 15 is 0 Å². The van der Waals surface area contributed by atoms with E-state index in [0.29, 0.717) is 28.1 Å². The molecule has 3 rings (SSSR count). The number of nitrogens with zero attached hydrogens (tertiary/aromatic N) is 1. The van der Waals surface area contributed by atoms with Crippen molar-refractivity contribution in [2.45, 2.75) is 6.61 Å². The third-order valence-electron chi connectivity index (χ3n) is 4.56. The molecule has 0 bridgehead atoms. The Morgan fingerprint density at radius 3 is 2.48 bits per heavy atom. The van der Waals surface area contributed by atoms with Gasteiger partial charge in [-0.25, -0.2) is 4.79 Å². The van der Waals surface area contributed by atoms with Crippen LogP contribution in [-0.2, 0) is 11.4 Å². The summed E-state index contributed by atoms with van der Waals surface area (Å²) in [5.74, 6) is -1.02. The molecule has 3 aromatic carbocycles. The van der Waals surface area contributed by atoms with Gasteiger partial charge < -0.3 is 19.9 Å². The molecule has 0 heterocycles. The zero-order valence-corrected chi connectivity index (χ0v) is 19.1. The lowest BCUT2D eigenvalue weighted by molar-refractivity contribution is -0.112. The molecule has 0 fully saturated rings. The Bertz CT molecular complexity index is 1250. The minimum absolute atomic E-state index is 0.0764. The number of methoxy groups -OCH3 is 1. The number of para-hydroxylation sites is 1. The van der Waals surface area contributed by atoms with Crippen molar-refractivity contribution in [3.05, 3.63) is 93.5 Å². The molecule has 33 heavy (non-hydrogen) atoms. The molecule has 0 saturated carbocycles. The third-order valence-corrected chi connectivity index (χ3v) is 5.15. The van der Waals surface area contributed by atoms with Crippen molar-refractivity contribution in [1.29, 1.82) is 5.26 Å². The Hall–Kier alpha value is -4.09. The van der Waals surface area contributed by atoms with E-state index in [1.807, 2.05) is 36.4 Å². The van der Waals surface area contributed by atoms with Crippen LogP contribution in [0.3, 0.4) is 0 Å². The summed E-state index contributed by atoms with van der Waals surface area (Å²) in [6.07, 6.45) is 1.38. The molecule has 8 heteroatoms. The fourth-order valence-electron chi connectivity index (χ4n) is 2.98. The zero-order valence-electron chi connectivity index (χ0n) is 17.5. The van der Waals surface area contributed by atoms with Gasteiger partial charge in [-0.3, -0.25) is 4.79 Å². The first-order valence-corrected chi connectivity index (χ1v) is 10.5. The van der Waals surface area contributed by atoms with Gasteiger partial charge in [0.2, 0.25) is 0 Å². The standard InChI is InChI=1S/C25H19BrN2O5/c1-32-22-13-17(12-20(26)23(22)33-15-16-7-3-2-4-8-16)11-18(14-27)24(29)28-21-10-6-5-9-19(21)25(30)31/h2-13H,15H2,1H3,(H,28,29)(H,30,31)/b18-11+. The fraction of sp³-hybridized carbons (Fsp3) is 0.0800. The number of benzene rings is 3. The Morgan fingerprint density at radius 1 is 1.12 bits per heavy atom. The number of carbonyl (C=O) groups is 2. The van der Waals surface area contributed by atoms with Crippen LogP contribution < -0.4 is 14.8 Å². The van der Waals surface area contributed by atoms with Crippen LogP contribution in [0.4, 0.5) is 5.69 Å². The van der Waals surface area contributed by atoms with Crippen LogP contribution >= 0.6 is 15.9 Å². The molecule has 0 unspecified atom stereocenters. The van der Waals surface area contributed by atoms with Crippen molar-refractivity contribution in [1.82, 2.24) is 0 Å². The molecule has 0 aliphatic heterocycles. The van der Waals surface area contributed by atoms with Crippen LogP contribution in [0.1, 0.15) is 21.5 Å². The van der Waals surface area contributed by atoms with Gasteiger partial charge in [-0.05, 0) is 57.4 Å². The van der Waals surface area contributed by atoms with Crippen molar-refractivity contribution in [2.75, 3.05) is 12.4 Å². The second-order valence-electron chi connectivity index (χ2n) is 6.78. The molecule has 3 aromatic rings. The average Bonchev–Trinajstić information content (AvgIpc) is 2.82. The number of nitriles is 1. The first kappa shape index (κ1) is 23.6. The first-order chi connectivity index (χ1) is 15.9. The predicted molar refractivity (Wildman–Crippen MR) is 127 cm³/mol. The van der Waals surface area contributed by atoms with E-state index in [4.69, 9.17) is 9.47 Å². The van der Waals surface area contributed by atoms with E-state index in [2.05, 4.69) is 21.2 Å². The van der Waals surface area contributed by atoms with Crippen molar-refractivity contribution in [3.63, 3.8) is 0 Å². The summed E-state index contributed by atoms with van der Waals surface area (Å²) >= 11 is 3.46. The van der Waals surface area contributed by atoms with Crippen LogP contribution in [0.2, 0.25) is 0 Å². The maximum Gasteiger partial charge on any atom is 0.337 e. The van der Waals surface area contributed by atoms with Gasteiger partial charge in [0.1, 0.15) is 18.2 Å². The molecule has 0 aliphatic carbocycles. The Kier molecular flexibility index (Phi) is 7.84. The summed E-state index contributed by atoms with van der Waals surface area (Å²) in [4.78, 5) is 24.0. The fourth-order valence-corrected chi connectivity index (χ4v) is 3.55. The van der Waals surface area contributed by atoms with Crippen molar-refractivity contribution in [3.8, 4) is 17.6 Å². The number of carbonyl (C=O) groups excluding carboxylic acids is 1. The van der Waals surface area contributed by atoms with Gasteiger partial charge in [0, 0.05) is 0 Å². The molecule has 0 spiro atoms. The molecule has 0 atom stereocenters. The highest BCUT2D eigenvalue weighted by Crippen LogP contribution is 2.37. The maximum absolute atomic E-state index is 12.6. The van der Waals surface area contributed by atoms with Gasteiger partial charge in [-0.2, -0.15) is 5.26 Å². The van der Waals surface area contributed by atoms with Crippen LogP contribution in [-0.4, -0.2) is 24.1 Å². The minimum atomic E-state index is -1.19. The Labute approximate surface area is 199 Å². The number of ether oxygens (including phenoxy) is 2. The van der Waals surface area contributed by atoms with Crippen LogP contribution in [0.5, 0.6) is 11.5 Å². The van der Waals surface area contributed by atoms with E-state index in [1.54, 1.807) is 24.3 Å². The topological polar surface area (TPSA) is 109 Å². The van der Waals surface area contributed by atoms with E-state index in [-0.39, 0.29) is 16.8 Å². The molecule has 0 aromatic heterocycles. The third kappa shape index (κ3) is 5.99. The summed E-state index contributed by atoms with van der Waals surface area (Å²) in [5, 5.41) is 21.3. The number of anilines is 1. The SMILES string of the molecule is COc1cc(/C=C(\C#N)C(=O)Nc2ccccc2C(=O)O)cc(Br)c1OCc1ccccc1. The summed E-state index contributed by atoms with van der Waals surface area (Å²) in [6.45, 7) is 0.333. The van der Waals surface area contributed by atoms with Gasteiger partial charge >= 0.3 is 5.97 Å². The number of amides is 1. The molecule has 0 saturated heterocycles. The highest BCUT2D eigenvalue weighted by atomic mass is 79.9. The van der Waals surface area contributed by atoms with Crippen molar-refractivity contribution >= 4 is 39.6 Å². The Balaban J connectivity index is 1.84. The highest BCUT2D eigenvalue weighted by molar-refractivity contribution is 9.10. The van der Waals surface area contributed by atoms with Gasteiger partial charge in [0.05, 0.1) is 22.8 Å². The van der Waals surface area contributed by atoms with E-state index in [9.17, 15) is 20.0 Å². The average molecular weight is 507 g/mol. The largest absolute Gasteiger partial charge is 0.493 e. The number of aromatic carboxylic acids is 1. The summed E-state index contributed by atoms with van der Waals surface area (Å²) in [5.41, 5.74) is 1.32. The lowest BCUT2D eigenvalue weighted by Crippen LogP contribution is -2.16. The minimum Gasteiger partial charge on any atom is -0.493 e. The quantitative estimate of drug-likeness (QED) is 0.317. The number of nitrogens with one attached hydrogen (secondary N) is 1. The molecular weight excluding hydrogens is 488 g/mol. The van der Waals surface area contributed by atoms with Gasteiger partial charge in [-0.15, -0.1) is 0 Å². The number of hydrogen-bond donors (Lipinski definition) is 2. The monoisotopic (exact) mass is 506 g/mol. The number of halogens is 1. The van der Waals surface area contributed by atoms with Crippen LogP contribution in [0.25, 0.3) is 6.08 Å². The number of carboxylic acids is 1. The molecule has 0 radical (unpaired) electrons. The molecular formula is C25H19BrN2O5. The van der Waals surface area contributed by atoms with E-state index < -0.39 is 11.9 Å². The molecule has 1 amide bonds. The number of hydrogen-bond acceptors (Lipinski definition) is 5. The summed E-state index contributed by atoms with van der Waals surface area (Å²) in [6, 6.07) is 20.8. The highest BCUT2D eigenvalue weighted by Gasteiger charge is 2.16. The van der Waals surface area contributed by atoms with Crippen molar-refractivity contribution < 1.29 is 24.2 Å². The summed E-state index contributed by atoms with van der Waals surface area (Å²) < 4.78 is 11.9. The predicted octanol–water partition coefficient (Wildman–Crippen LogP) is 5.28. The van der Waals surface area contributed by atoms with Crippen LogP contribution in [0, 0.1) is 11.3 Å². The summed E-state index contributed by atoms with van der Waals surface area (Å²) in [7, 11) is 1.49. The number of rotatable bonds is 8. The molecule has 7 nitrogen and oxygen atoms in total. The van der Waals surface area contributed by atoms with Gasteiger partial charge in [0.25, 0.3) is 5.91 Å².